The highest BCUT2D eigenvalue weighted by Crippen LogP contribution is 2.15. The maximum atomic E-state index is 12.5. The van der Waals surface area contributed by atoms with Crippen molar-refractivity contribution in [3.05, 3.63) is 34.9 Å². The van der Waals surface area contributed by atoms with Crippen molar-refractivity contribution in [2.24, 2.45) is 0 Å². The quantitative estimate of drug-likeness (QED) is 0.744. The van der Waals surface area contributed by atoms with E-state index in [1.807, 2.05) is 50.8 Å². The zero-order chi connectivity index (χ0) is 13.7. The van der Waals surface area contributed by atoms with Gasteiger partial charge in [-0.15, -0.1) is 11.6 Å². The molecule has 2 nitrogen and oxygen atoms in total. The molecule has 0 fully saturated rings. The predicted octanol–water partition coefficient (Wildman–Crippen LogP) is 3.78. The summed E-state index contributed by atoms with van der Waals surface area (Å²) in [4.78, 5) is 14.4. The van der Waals surface area contributed by atoms with Gasteiger partial charge >= 0.3 is 0 Å². The third kappa shape index (κ3) is 3.74. The van der Waals surface area contributed by atoms with Crippen molar-refractivity contribution in [1.29, 1.82) is 0 Å². The first-order valence-corrected chi connectivity index (χ1v) is 6.95. The lowest BCUT2D eigenvalue weighted by Crippen LogP contribution is -2.38. The Kier molecular flexibility index (Phi) is 5.67. The molecule has 0 aliphatic rings. The summed E-state index contributed by atoms with van der Waals surface area (Å²) in [5.74, 6) is 0.694. The first-order chi connectivity index (χ1) is 8.47. The average Bonchev–Trinajstić information content (AvgIpc) is 2.32. The SMILES string of the molecule is Cc1ccc(C)c(C(=O)N(CCCCl)C(C)C)c1. The van der Waals surface area contributed by atoms with Crippen LogP contribution in [0.15, 0.2) is 18.2 Å². The molecular weight excluding hydrogens is 246 g/mol. The van der Waals surface area contributed by atoms with Gasteiger partial charge in [0, 0.05) is 24.0 Å². The van der Waals surface area contributed by atoms with Crippen LogP contribution in [0, 0.1) is 13.8 Å². The first kappa shape index (κ1) is 15.0. The summed E-state index contributed by atoms with van der Waals surface area (Å²) in [6.07, 6.45) is 0.830. The van der Waals surface area contributed by atoms with Gasteiger partial charge in [-0.2, -0.15) is 0 Å². The normalized spacial score (nSPS) is 10.8. The van der Waals surface area contributed by atoms with E-state index in [0.29, 0.717) is 12.4 Å². The number of carbonyl (C=O) groups excluding carboxylic acids is 1. The molecule has 0 N–H and O–H groups in total. The molecule has 0 heterocycles. The molecule has 0 spiro atoms. The highest BCUT2D eigenvalue weighted by molar-refractivity contribution is 6.17. The number of hydrogen-bond donors (Lipinski definition) is 0. The lowest BCUT2D eigenvalue weighted by molar-refractivity contribution is 0.0705. The number of rotatable bonds is 5. The first-order valence-electron chi connectivity index (χ1n) is 6.41. The molecule has 0 atom stereocenters. The standard InChI is InChI=1S/C15H22ClNO/c1-11(2)17(9-5-8-16)15(18)14-10-12(3)6-7-13(14)4/h6-7,10-11H,5,8-9H2,1-4H3. The summed E-state index contributed by atoms with van der Waals surface area (Å²) in [7, 11) is 0. The monoisotopic (exact) mass is 267 g/mol. The van der Waals surface area contributed by atoms with Crippen molar-refractivity contribution in [1.82, 2.24) is 4.90 Å². The van der Waals surface area contributed by atoms with Crippen LogP contribution in [0.3, 0.4) is 0 Å². The van der Waals surface area contributed by atoms with E-state index < -0.39 is 0 Å². The third-order valence-electron chi connectivity index (χ3n) is 3.04. The van der Waals surface area contributed by atoms with Gasteiger partial charge in [0.05, 0.1) is 0 Å². The average molecular weight is 268 g/mol. The third-order valence-corrected chi connectivity index (χ3v) is 3.31. The van der Waals surface area contributed by atoms with E-state index in [9.17, 15) is 4.79 Å². The smallest absolute Gasteiger partial charge is 0.254 e. The zero-order valence-electron chi connectivity index (χ0n) is 11.7. The molecule has 0 bridgehead atoms. The van der Waals surface area contributed by atoms with E-state index in [1.54, 1.807) is 0 Å². The molecule has 0 radical (unpaired) electrons. The Morgan fingerprint density at radius 2 is 2.00 bits per heavy atom. The lowest BCUT2D eigenvalue weighted by Gasteiger charge is -2.27. The minimum Gasteiger partial charge on any atom is -0.336 e. The molecule has 0 aromatic heterocycles. The van der Waals surface area contributed by atoms with Crippen LogP contribution in [0.1, 0.15) is 41.8 Å². The second-order valence-electron chi connectivity index (χ2n) is 4.95. The summed E-state index contributed by atoms with van der Waals surface area (Å²) in [5.41, 5.74) is 2.95. The van der Waals surface area contributed by atoms with E-state index in [0.717, 1.165) is 23.1 Å². The molecule has 100 valence electrons. The van der Waals surface area contributed by atoms with Gasteiger partial charge < -0.3 is 4.90 Å². The second-order valence-corrected chi connectivity index (χ2v) is 5.33. The van der Waals surface area contributed by atoms with Crippen LogP contribution < -0.4 is 0 Å². The van der Waals surface area contributed by atoms with Crippen molar-refractivity contribution >= 4 is 17.5 Å². The molecule has 0 saturated heterocycles. The van der Waals surface area contributed by atoms with Crippen molar-refractivity contribution in [3.63, 3.8) is 0 Å². The molecule has 0 aliphatic carbocycles. The van der Waals surface area contributed by atoms with E-state index >= 15 is 0 Å². The van der Waals surface area contributed by atoms with Gasteiger partial charge in [-0.3, -0.25) is 4.79 Å². The molecule has 0 aliphatic heterocycles. The van der Waals surface area contributed by atoms with Crippen molar-refractivity contribution in [2.45, 2.75) is 40.2 Å². The second kappa shape index (κ2) is 6.79. The summed E-state index contributed by atoms with van der Waals surface area (Å²) >= 11 is 5.72. The van der Waals surface area contributed by atoms with Crippen LogP contribution in [0.4, 0.5) is 0 Å². The molecule has 0 saturated carbocycles. The topological polar surface area (TPSA) is 20.3 Å². The fraction of sp³-hybridized carbons (Fsp3) is 0.533. The summed E-state index contributed by atoms with van der Waals surface area (Å²) in [6, 6.07) is 6.20. The molecule has 1 rings (SSSR count). The number of aryl methyl sites for hydroxylation is 2. The highest BCUT2D eigenvalue weighted by Gasteiger charge is 2.19. The van der Waals surface area contributed by atoms with E-state index in [4.69, 9.17) is 11.6 Å². The Hall–Kier alpha value is -1.02. The van der Waals surface area contributed by atoms with E-state index in [2.05, 4.69) is 0 Å². The van der Waals surface area contributed by atoms with Crippen molar-refractivity contribution < 1.29 is 4.79 Å². The Labute approximate surface area is 115 Å². The largest absolute Gasteiger partial charge is 0.336 e. The van der Waals surface area contributed by atoms with Gasteiger partial charge in [-0.25, -0.2) is 0 Å². The number of hydrogen-bond acceptors (Lipinski definition) is 1. The fourth-order valence-electron chi connectivity index (χ4n) is 1.95. The van der Waals surface area contributed by atoms with E-state index in [-0.39, 0.29) is 11.9 Å². The summed E-state index contributed by atoms with van der Waals surface area (Å²) in [5, 5.41) is 0. The zero-order valence-corrected chi connectivity index (χ0v) is 12.4. The van der Waals surface area contributed by atoms with Crippen LogP contribution >= 0.6 is 11.6 Å². The maximum absolute atomic E-state index is 12.5. The highest BCUT2D eigenvalue weighted by atomic mass is 35.5. The fourth-order valence-corrected chi connectivity index (χ4v) is 2.06. The van der Waals surface area contributed by atoms with Crippen LogP contribution in [0.2, 0.25) is 0 Å². The van der Waals surface area contributed by atoms with Crippen LogP contribution in [-0.4, -0.2) is 29.3 Å². The van der Waals surface area contributed by atoms with Gasteiger partial charge in [-0.05, 0) is 45.7 Å². The number of nitrogens with zero attached hydrogens (tertiary/aromatic N) is 1. The van der Waals surface area contributed by atoms with Crippen LogP contribution in [0.25, 0.3) is 0 Å². The van der Waals surface area contributed by atoms with Gasteiger partial charge in [-0.1, -0.05) is 17.7 Å². The number of amides is 1. The molecule has 1 amide bonds. The van der Waals surface area contributed by atoms with Crippen molar-refractivity contribution in [2.75, 3.05) is 12.4 Å². The van der Waals surface area contributed by atoms with E-state index in [1.165, 1.54) is 0 Å². The molecule has 18 heavy (non-hydrogen) atoms. The summed E-state index contributed by atoms with van der Waals surface area (Å²) < 4.78 is 0. The van der Waals surface area contributed by atoms with Crippen LogP contribution in [-0.2, 0) is 0 Å². The molecule has 1 aromatic rings. The number of halogens is 1. The molecular formula is C15H22ClNO. The number of alkyl halides is 1. The minimum atomic E-state index is 0.108. The Morgan fingerprint density at radius 1 is 1.33 bits per heavy atom. The predicted molar refractivity (Wildman–Crippen MR) is 77.4 cm³/mol. The van der Waals surface area contributed by atoms with Crippen molar-refractivity contribution in [3.8, 4) is 0 Å². The number of benzene rings is 1. The summed E-state index contributed by atoms with van der Waals surface area (Å²) in [6.45, 7) is 8.78. The van der Waals surface area contributed by atoms with Gasteiger partial charge in [0.2, 0.25) is 0 Å². The van der Waals surface area contributed by atoms with Crippen LogP contribution in [0.5, 0.6) is 0 Å². The lowest BCUT2D eigenvalue weighted by atomic mass is 10.0. The Balaban J connectivity index is 2.98. The number of carbonyl (C=O) groups is 1. The maximum Gasteiger partial charge on any atom is 0.254 e. The Bertz CT molecular complexity index is 415. The van der Waals surface area contributed by atoms with Gasteiger partial charge in [0.15, 0.2) is 0 Å². The van der Waals surface area contributed by atoms with Gasteiger partial charge in [0.1, 0.15) is 0 Å². The van der Waals surface area contributed by atoms with Gasteiger partial charge in [0.25, 0.3) is 5.91 Å². The Morgan fingerprint density at radius 3 is 2.56 bits per heavy atom. The minimum absolute atomic E-state index is 0.108. The molecule has 0 unspecified atom stereocenters. The molecule has 3 heteroatoms. The molecule has 1 aromatic carbocycles.